The van der Waals surface area contributed by atoms with Crippen molar-refractivity contribution in [2.45, 2.75) is 26.2 Å². The molecule has 0 saturated carbocycles. The Bertz CT molecular complexity index is 1150. The third kappa shape index (κ3) is 3.57. The molecule has 156 valence electrons. The summed E-state index contributed by atoms with van der Waals surface area (Å²) in [6.45, 7) is 6.25. The third-order valence-corrected chi connectivity index (χ3v) is 6.12. The van der Waals surface area contributed by atoms with Gasteiger partial charge in [-0.15, -0.1) is 11.3 Å². The van der Waals surface area contributed by atoms with Gasteiger partial charge in [0.15, 0.2) is 4.47 Å². The van der Waals surface area contributed by atoms with E-state index in [1.165, 1.54) is 11.3 Å². The summed E-state index contributed by atoms with van der Waals surface area (Å²) in [5.74, 6) is -0.208. The number of amides is 2. The number of fused-ring (bicyclic) bond motifs is 1. The maximum absolute atomic E-state index is 14.3. The molecule has 0 bridgehead atoms. The number of carbonyl (C=O) groups excluding carboxylic acids is 1. The average Bonchev–Trinajstić information content (AvgIpc) is 3.20. The van der Waals surface area contributed by atoms with E-state index in [9.17, 15) is 14.3 Å². The molecule has 2 amide bonds. The normalized spacial score (nSPS) is 14.5. The summed E-state index contributed by atoms with van der Waals surface area (Å²) in [7, 11) is 0. The number of carbonyl (C=O) groups is 1. The molecular weight excluding hydrogens is 427 g/mol. The van der Waals surface area contributed by atoms with E-state index in [0.717, 1.165) is 11.6 Å². The Balaban J connectivity index is 1.70. The highest BCUT2D eigenvalue weighted by molar-refractivity contribution is 7.14. The molecule has 0 unspecified atom stereocenters. The summed E-state index contributed by atoms with van der Waals surface area (Å²) in [6, 6.07) is 7.92. The summed E-state index contributed by atoms with van der Waals surface area (Å²) >= 11 is 7.02. The maximum Gasteiger partial charge on any atom is 0.324 e. The van der Waals surface area contributed by atoms with E-state index in [1.807, 2.05) is 30.9 Å². The number of nitrogens with zero attached hydrogens (tertiary/aromatic N) is 2. The molecule has 1 aromatic heterocycles. The lowest BCUT2D eigenvalue weighted by Crippen LogP contribution is -2.27. The lowest BCUT2D eigenvalue weighted by atomic mass is 9.84. The van der Waals surface area contributed by atoms with Crippen LogP contribution in [0.5, 0.6) is 5.75 Å². The van der Waals surface area contributed by atoms with E-state index >= 15 is 0 Å². The van der Waals surface area contributed by atoms with Gasteiger partial charge in [-0.25, -0.2) is 14.2 Å². The van der Waals surface area contributed by atoms with Crippen LogP contribution in [0.25, 0.3) is 0 Å². The van der Waals surface area contributed by atoms with Crippen LogP contribution in [0.4, 0.5) is 32.1 Å². The van der Waals surface area contributed by atoms with Crippen molar-refractivity contribution in [2.75, 3.05) is 22.1 Å². The Morgan fingerprint density at radius 1 is 1.33 bits per heavy atom. The molecule has 3 N–H and O–H groups in total. The van der Waals surface area contributed by atoms with E-state index in [0.29, 0.717) is 39.5 Å². The van der Waals surface area contributed by atoms with Crippen molar-refractivity contribution in [3.8, 4) is 5.75 Å². The maximum atomic E-state index is 14.3. The molecule has 0 radical (unpaired) electrons. The lowest BCUT2D eigenvalue weighted by molar-refractivity contribution is 0.262. The monoisotopic (exact) mass is 446 g/mol. The molecule has 1 aliphatic rings. The largest absolute Gasteiger partial charge is 0.506 e. The molecule has 0 aliphatic carbocycles. The van der Waals surface area contributed by atoms with E-state index < -0.39 is 17.3 Å². The third-order valence-electron chi connectivity index (χ3n) is 5.14. The molecule has 4 rings (SSSR count). The number of para-hydroxylation sites is 2. The Morgan fingerprint density at radius 3 is 2.77 bits per heavy atom. The second-order valence-corrected chi connectivity index (χ2v) is 9.22. The highest BCUT2D eigenvalue weighted by Gasteiger charge is 2.40. The van der Waals surface area contributed by atoms with Crippen LogP contribution in [0.15, 0.2) is 35.7 Å². The first-order valence-electron chi connectivity index (χ1n) is 9.25. The fourth-order valence-electron chi connectivity index (χ4n) is 3.98. The average molecular weight is 447 g/mol. The molecule has 3 aromatic rings. The van der Waals surface area contributed by atoms with Gasteiger partial charge in [0.2, 0.25) is 0 Å². The quantitative estimate of drug-likeness (QED) is 0.459. The number of rotatable bonds is 3. The Hall–Kier alpha value is -2.84. The molecule has 0 spiro atoms. The smallest absolute Gasteiger partial charge is 0.324 e. The van der Waals surface area contributed by atoms with Crippen LogP contribution < -0.4 is 15.5 Å². The van der Waals surface area contributed by atoms with Gasteiger partial charge < -0.3 is 15.3 Å². The first-order valence-corrected chi connectivity index (χ1v) is 10.5. The van der Waals surface area contributed by atoms with Crippen molar-refractivity contribution in [2.24, 2.45) is 0 Å². The molecule has 0 fully saturated rings. The zero-order valence-corrected chi connectivity index (χ0v) is 18.2. The standard InChI is InChI=1S/C21H20ClFN4O2S/c1-11-12(23)8-15(28)18-17(11)21(2,3)10-27(18)14-7-5-4-6-13(14)24-20(29)26-16-9-30-19(22)25-16/h4-9,28H,10H2,1-3H3,(H2,24,26,29). The minimum absolute atomic E-state index is 0.130. The first kappa shape index (κ1) is 20.4. The van der Waals surface area contributed by atoms with Crippen LogP contribution in [0.2, 0.25) is 4.47 Å². The number of aromatic nitrogens is 1. The van der Waals surface area contributed by atoms with Crippen molar-refractivity contribution >= 4 is 51.8 Å². The van der Waals surface area contributed by atoms with Gasteiger partial charge in [0.05, 0.1) is 17.1 Å². The van der Waals surface area contributed by atoms with Crippen LogP contribution >= 0.6 is 22.9 Å². The second kappa shape index (κ2) is 7.45. The van der Waals surface area contributed by atoms with Crippen LogP contribution in [0.1, 0.15) is 25.0 Å². The lowest BCUT2D eigenvalue weighted by Gasteiger charge is -2.25. The van der Waals surface area contributed by atoms with Gasteiger partial charge in [-0.1, -0.05) is 37.6 Å². The van der Waals surface area contributed by atoms with Gasteiger partial charge >= 0.3 is 6.03 Å². The van der Waals surface area contributed by atoms with Crippen LogP contribution in [-0.4, -0.2) is 22.7 Å². The zero-order valence-electron chi connectivity index (χ0n) is 16.6. The second-order valence-electron chi connectivity index (χ2n) is 7.78. The van der Waals surface area contributed by atoms with Gasteiger partial charge in [0, 0.05) is 23.4 Å². The number of hydrogen-bond donors (Lipinski definition) is 3. The number of benzene rings is 2. The van der Waals surface area contributed by atoms with Crippen LogP contribution in [0.3, 0.4) is 0 Å². The SMILES string of the molecule is Cc1c(F)cc(O)c2c1C(C)(C)CN2c1ccccc1NC(=O)Nc1csc(Cl)n1. The van der Waals surface area contributed by atoms with Crippen LogP contribution in [0, 0.1) is 12.7 Å². The summed E-state index contributed by atoms with van der Waals surface area (Å²) in [5, 5.41) is 17.7. The molecule has 1 aliphatic heterocycles. The minimum Gasteiger partial charge on any atom is -0.506 e. The summed E-state index contributed by atoms with van der Waals surface area (Å²) < 4.78 is 14.6. The van der Waals surface area contributed by atoms with Gasteiger partial charge in [-0.05, 0) is 30.2 Å². The molecule has 30 heavy (non-hydrogen) atoms. The fraction of sp³-hybridized carbons (Fsp3) is 0.238. The number of halogens is 2. The fourth-order valence-corrected chi connectivity index (χ4v) is 4.67. The molecule has 2 heterocycles. The number of thiazole rings is 1. The predicted octanol–water partition coefficient (Wildman–Crippen LogP) is 6.02. The first-order chi connectivity index (χ1) is 14.2. The van der Waals surface area contributed by atoms with Crippen LogP contribution in [-0.2, 0) is 5.41 Å². The van der Waals surface area contributed by atoms with Gasteiger partial charge in [0.25, 0.3) is 0 Å². The van der Waals surface area contributed by atoms with E-state index in [-0.39, 0.29) is 5.75 Å². The van der Waals surface area contributed by atoms with Gasteiger partial charge in [0.1, 0.15) is 17.4 Å². The van der Waals surface area contributed by atoms with Gasteiger partial charge in [-0.2, -0.15) is 0 Å². The van der Waals surface area contributed by atoms with Crippen molar-refractivity contribution in [1.29, 1.82) is 0 Å². The number of phenols is 1. The van der Waals surface area contributed by atoms with E-state index in [1.54, 1.807) is 24.4 Å². The molecular formula is C21H20ClFN4O2S. The van der Waals surface area contributed by atoms with Crippen molar-refractivity contribution in [3.05, 3.63) is 57.1 Å². The number of nitrogens with one attached hydrogen (secondary N) is 2. The Labute approximate surface area is 182 Å². The van der Waals surface area contributed by atoms with E-state index in [2.05, 4.69) is 15.6 Å². The highest BCUT2D eigenvalue weighted by Crippen LogP contribution is 2.52. The topological polar surface area (TPSA) is 77.5 Å². The number of urea groups is 1. The minimum atomic E-state index is -0.470. The molecule has 0 atom stereocenters. The Morgan fingerprint density at radius 2 is 2.07 bits per heavy atom. The molecule has 9 heteroatoms. The molecule has 0 saturated heterocycles. The highest BCUT2D eigenvalue weighted by atomic mass is 35.5. The number of phenolic OH excluding ortho intramolecular Hbond substituents is 1. The Kier molecular flexibility index (Phi) is 5.07. The van der Waals surface area contributed by atoms with Crippen molar-refractivity contribution in [3.63, 3.8) is 0 Å². The van der Waals surface area contributed by atoms with E-state index in [4.69, 9.17) is 11.6 Å². The molecule has 6 nitrogen and oxygen atoms in total. The van der Waals surface area contributed by atoms with Crippen molar-refractivity contribution in [1.82, 2.24) is 4.98 Å². The number of aromatic hydroxyl groups is 1. The number of hydrogen-bond acceptors (Lipinski definition) is 5. The number of anilines is 4. The molecule has 2 aromatic carbocycles. The zero-order chi connectivity index (χ0) is 21.6. The summed E-state index contributed by atoms with van der Waals surface area (Å²) in [4.78, 5) is 18.4. The predicted molar refractivity (Wildman–Crippen MR) is 119 cm³/mol. The summed E-state index contributed by atoms with van der Waals surface area (Å²) in [5.41, 5.74) is 2.67. The van der Waals surface area contributed by atoms with Crippen molar-refractivity contribution < 1.29 is 14.3 Å². The summed E-state index contributed by atoms with van der Waals surface area (Å²) in [6.07, 6.45) is 0. The van der Waals surface area contributed by atoms with Gasteiger partial charge in [-0.3, -0.25) is 5.32 Å².